The summed E-state index contributed by atoms with van der Waals surface area (Å²) in [6, 6.07) is 17.0. The van der Waals surface area contributed by atoms with E-state index < -0.39 is 0 Å². The number of hydrogen-bond donors (Lipinski definition) is 1. The fraction of sp³-hybridized carbons (Fsp3) is 0.333. The van der Waals surface area contributed by atoms with E-state index in [-0.39, 0.29) is 5.95 Å². The standard InChI is InChI=1S/C24H28N2O3/c1-2-3-4-5-6-10-17-28-21-15-13-20(14-16-21)25-18-22-24(27)29-23(26-22)19-11-8-7-9-12-19/h7-9,11-16,18,27H,2-6,10,17H2,1H3. The van der Waals surface area contributed by atoms with Gasteiger partial charge in [0.25, 0.3) is 0 Å². The van der Waals surface area contributed by atoms with Crippen LogP contribution in [0.4, 0.5) is 5.69 Å². The van der Waals surface area contributed by atoms with Crippen molar-refractivity contribution in [3.05, 3.63) is 60.3 Å². The molecule has 0 atom stereocenters. The zero-order valence-corrected chi connectivity index (χ0v) is 16.9. The number of aromatic hydroxyl groups is 1. The summed E-state index contributed by atoms with van der Waals surface area (Å²) in [7, 11) is 0. The molecule has 0 bridgehead atoms. The number of oxazole rings is 1. The molecule has 0 spiro atoms. The highest BCUT2D eigenvalue weighted by Crippen LogP contribution is 2.26. The Morgan fingerprint density at radius 3 is 2.45 bits per heavy atom. The van der Waals surface area contributed by atoms with E-state index in [1.807, 2.05) is 54.6 Å². The highest BCUT2D eigenvalue weighted by atomic mass is 16.5. The van der Waals surface area contributed by atoms with E-state index in [4.69, 9.17) is 9.15 Å². The third kappa shape index (κ3) is 6.49. The fourth-order valence-electron chi connectivity index (χ4n) is 2.95. The minimum atomic E-state index is -0.244. The Balaban J connectivity index is 1.50. The van der Waals surface area contributed by atoms with Crippen LogP contribution < -0.4 is 4.74 Å². The Bertz CT molecular complexity index is 886. The number of rotatable bonds is 11. The summed E-state index contributed by atoms with van der Waals surface area (Å²) in [5, 5.41) is 9.96. The molecule has 0 aliphatic carbocycles. The van der Waals surface area contributed by atoms with Gasteiger partial charge in [0.1, 0.15) is 5.75 Å². The first-order valence-electron chi connectivity index (χ1n) is 10.3. The molecule has 3 rings (SSSR count). The van der Waals surface area contributed by atoms with Gasteiger partial charge in [-0.15, -0.1) is 0 Å². The van der Waals surface area contributed by atoms with Gasteiger partial charge < -0.3 is 14.3 Å². The van der Waals surface area contributed by atoms with Crippen molar-refractivity contribution in [3.8, 4) is 23.1 Å². The van der Waals surface area contributed by atoms with E-state index in [1.165, 1.54) is 38.3 Å². The molecule has 0 aliphatic rings. The molecule has 5 nitrogen and oxygen atoms in total. The number of unbranched alkanes of at least 4 members (excludes halogenated alkanes) is 5. The van der Waals surface area contributed by atoms with Gasteiger partial charge in [-0.3, -0.25) is 4.99 Å². The number of hydrogen-bond acceptors (Lipinski definition) is 5. The van der Waals surface area contributed by atoms with Crippen LogP contribution in [0.5, 0.6) is 11.7 Å². The Morgan fingerprint density at radius 1 is 0.966 bits per heavy atom. The molecule has 2 aromatic carbocycles. The first-order valence-corrected chi connectivity index (χ1v) is 10.3. The quantitative estimate of drug-likeness (QED) is 0.297. The Labute approximate surface area is 172 Å². The Kier molecular flexibility index (Phi) is 7.87. The molecule has 1 aromatic heterocycles. The predicted molar refractivity (Wildman–Crippen MR) is 116 cm³/mol. The lowest BCUT2D eigenvalue weighted by Gasteiger charge is -2.06. The molecule has 0 fully saturated rings. The largest absolute Gasteiger partial charge is 0.494 e. The maximum absolute atomic E-state index is 9.96. The first-order chi connectivity index (χ1) is 14.3. The third-order valence-electron chi connectivity index (χ3n) is 4.59. The monoisotopic (exact) mass is 392 g/mol. The molecule has 1 N–H and O–H groups in total. The molecule has 1 heterocycles. The van der Waals surface area contributed by atoms with Crippen LogP contribution in [-0.4, -0.2) is 22.9 Å². The number of ether oxygens (including phenoxy) is 1. The predicted octanol–water partition coefficient (Wildman–Crippen LogP) is 6.54. The number of nitrogens with zero attached hydrogens (tertiary/aromatic N) is 2. The van der Waals surface area contributed by atoms with Crippen molar-refractivity contribution < 1.29 is 14.3 Å². The second kappa shape index (κ2) is 11.1. The third-order valence-corrected chi connectivity index (χ3v) is 4.59. The van der Waals surface area contributed by atoms with Crippen LogP contribution in [0.15, 0.2) is 64.0 Å². The lowest BCUT2D eigenvalue weighted by atomic mass is 10.1. The summed E-state index contributed by atoms with van der Waals surface area (Å²) >= 11 is 0. The van der Waals surface area contributed by atoms with E-state index >= 15 is 0 Å². The van der Waals surface area contributed by atoms with Crippen LogP contribution in [-0.2, 0) is 0 Å². The molecule has 152 valence electrons. The normalized spacial score (nSPS) is 11.2. The molecular weight excluding hydrogens is 364 g/mol. The minimum absolute atomic E-state index is 0.244. The summed E-state index contributed by atoms with van der Waals surface area (Å²) in [4.78, 5) is 8.66. The topological polar surface area (TPSA) is 67.9 Å². The molecule has 29 heavy (non-hydrogen) atoms. The highest BCUT2D eigenvalue weighted by Gasteiger charge is 2.11. The minimum Gasteiger partial charge on any atom is -0.494 e. The van der Waals surface area contributed by atoms with E-state index in [0.717, 1.165) is 30.0 Å². The van der Waals surface area contributed by atoms with Crippen molar-refractivity contribution in [1.82, 2.24) is 4.98 Å². The zero-order valence-electron chi connectivity index (χ0n) is 16.9. The van der Waals surface area contributed by atoms with Crippen LogP contribution in [0.3, 0.4) is 0 Å². The van der Waals surface area contributed by atoms with Crippen LogP contribution in [0.1, 0.15) is 51.1 Å². The van der Waals surface area contributed by atoms with Gasteiger partial charge in [-0.2, -0.15) is 0 Å². The van der Waals surface area contributed by atoms with Gasteiger partial charge >= 0.3 is 5.95 Å². The van der Waals surface area contributed by atoms with Crippen molar-refractivity contribution in [3.63, 3.8) is 0 Å². The average Bonchev–Trinajstić information content (AvgIpc) is 3.14. The molecule has 0 unspecified atom stereocenters. The van der Waals surface area contributed by atoms with Crippen LogP contribution in [0, 0.1) is 0 Å². The molecule has 0 aliphatic heterocycles. The molecular formula is C24H28N2O3. The van der Waals surface area contributed by atoms with Gasteiger partial charge in [0, 0.05) is 5.56 Å². The summed E-state index contributed by atoms with van der Waals surface area (Å²) in [6.07, 6.45) is 8.99. The van der Waals surface area contributed by atoms with Crippen molar-refractivity contribution in [2.45, 2.75) is 45.4 Å². The van der Waals surface area contributed by atoms with Crippen LogP contribution in [0.25, 0.3) is 11.5 Å². The maximum atomic E-state index is 9.96. The highest BCUT2D eigenvalue weighted by molar-refractivity contribution is 5.82. The van der Waals surface area contributed by atoms with Gasteiger partial charge in [0.15, 0.2) is 5.69 Å². The molecule has 0 radical (unpaired) electrons. The van der Waals surface area contributed by atoms with Gasteiger partial charge in [-0.05, 0) is 42.8 Å². The summed E-state index contributed by atoms with van der Waals surface area (Å²) in [6.45, 7) is 2.97. The maximum Gasteiger partial charge on any atom is 0.312 e. The van der Waals surface area contributed by atoms with Crippen molar-refractivity contribution in [1.29, 1.82) is 0 Å². The SMILES string of the molecule is CCCCCCCCOc1ccc(N=Cc2nc(-c3ccccc3)oc2O)cc1. The summed E-state index contributed by atoms with van der Waals surface area (Å²) in [5.41, 5.74) is 1.85. The number of aliphatic imine (C=N–C) groups is 1. The van der Waals surface area contributed by atoms with Crippen LogP contribution in [0.2, 0.25) is 0 Å². The van der Waals surface area contributed by atoms with E-state index in [1.54, 1.807) is 0 Å². The smallest absolute Gasteiger partial charge is 0.312 e. The molecule has 3 aromatic rings. The van der Waals surface area contributed by atoms with Gasteiger partial charge in [0.2, 0.25) is 5.89 Å². The molecule has 0 amide bonds. The van der Waals surface area contributed by atoms with Gasteiger partial charge in [-0.25, -0.2) is 4.98 Å². The van der Waals surface area contributed by atoms with Gasteiger partial charge in [0.05, 0.1) is 18.5 Å². The molecule has 0 saturated carbocycles. The number of aromatic nitrogens is 1. The first kappa shape index (κ1) is 20.6. The van der Waals surface area contributed by atoms with E-state index in [0.29, 0.717) is 11.6 Å². The Hall–Kier alpha value is -3.08. The van der Waals surface area contributed by atoms with E-state index in [2.05, 4.69) is 16.9 Å². The lowest BCUT2D eigenvalue weighted by molar-refractivity contribution is 0.304. The van der Waals surface area contributed by atoms with Crippen molar-refractivity contribution >= 4 is 11.9 Å². The number of benzene rings is 2. The fourth-order valence-corrected chi connectivity index (χ4v) is 2.95. The average molecular weight is 392 g/mol. The second-order valence-corrected chi connectivity index (χ2v) is 6.94. The zero-order chi connectivity index (χ0) is 20.3. The molecule has 0 saturated heterocycles. The van der Waals surface area contributed by atoms with Crippen LogP contribution >= 0.6 is 0 Å². The van der Waals surface area contributed by atoms with Crippen molar-refractivity contribution in [2.75, 3.05) is 6.61 Å². The Morgan fingerprint density at radius 2 is 1.69 bits per heavy atom. The van der Waals surface area contributed by atoms with Gasteiger partial charge in [-0.1, -0.05) is 57.2 Å². The summed E-state index contributed by atoms with van der Waals surface area (Å²) < 4.78 is 11.1. The lowest BCUT2D eigenvalue weighted by Crippen LogP contribution is -1.96. The van der Waals surface area contributed by atoms with E-state index in [9.17, 15) is 5.11 Å². The molecule has 5 heteroatoms. The summed E-state index contributed by atoms with van der Waals surface area (Å²) in [5.74, 6) is 0.961. The van der Waals surface area contributed by atoms with Crippen molar-refractivity contribution in [2.24, 2.45) is 4.99 Å². The second-order valence-electron chi connectivity index (χ2n) is 6.94.